The first-order valence-electron chi connectivity index (χ1n) is 2.70. The van der Waals surface area contributed by atoms with E-state index in [9.17, 15) is 0 Å². The van der Waals surface area contributed by atoms with Gasteiger partial charge in [-0.2, -0.15) is 5.10 Å². The topological polar surface area (TPSA) is 31.9 Å². The smallest absolute Gasteiger partial charge is 0.0828 e. The highest BCUT2D eigenvalue weighted by Gasteiger charge is 1.58. The van der Waals surface area contributed by atoms with E-state index in [1.54, 1.807) is 12.3 Å². The molecule has 0 aliphatic heterocycles. The lowest BCUT2D eigenvalue weighted by atomic mass is 10.8. The first kappa shape index (κ1) is 8.17. The maximum atomic E-state index is 3.54. The lowest BCUT2D eigenvalue weighted by Crippen LogP contribution is -1.99. The third kappa shape index (κ3) is 11.0. The standard InChI is InChI=1S/C3H3N2.C3H9N/c1-2-4-5-3-1;1-4(2)3/h1-2H,(H,4,5);1-3H3. The molecule has 0 fully saturated rings. The van der Waals surface area contributed by atoms with Crippen LogP contribution in [0.5, 0.6) is 0 Å². The Bertz CT molecular complexity index is 91.9. The van der Waals surface area contributed by atoms with E-state index >= 15 is 0 Å². The van der Waals surface area contributed by atoms with Gasteiger partial charge in [-0.05, 0) is 27.2 Å². The highest BCUT2D eigenvalue weighted by atomic mass is 15.1. The van der Waals surface area contributed by atoms with Crippen LogP contribution < -0.4 is 0 Å². The highest BCUT2D eigenvalue weighted by Crippen LogP contribution is 1.62. The molecule has 0 aromatic carbocycles. The maximum Gasteiger partial charge on any atom is 0.0828 e. The van der Waals surface area contributed by atoms with Crippen LogP contribution in [0.1, 0.15) is 0 Å². The van der Waals surface area contributed by atoms with E-state index in [2.05, 4.69) is 16.4 Å². The SMILES string of the molecule is CN(C)C.[c]1ccn[nH]1. The summed E-state index contributed by atoms with van der Waals surface area (Å²) in [5.74, 6) is 0. The second-order valence-electron chi connectivity index (χ2n) is 2.04. The molecule has 0 bridgehead atoms. The molecule has 1 aromatic heterocycles. The molecule has 9 heavy (non-hydrogen) atoms. The van der Waals surface area contributed by atoms with Crippen molar-refractivity contribution in [3.05, 3.63) is 18.5 Å². The van der Waals surface area contributed by atoms with E-state index < -0.39 is 0 Å². The minimum atomic E-state index is 1.64. The van der Waals surface area contributed by atoms with Gasteiger partial charge in [-0.25, -0.2) is 0 Å². The predicted molar refractivity (Wildman–Crippen MR) is 37.0 cm³/mol. The summed E-state index contributed by atoms with van der Waals surface area (Å²) in [7, 11) is 6.00. The summed E-state index contributed by atoms with van der Waals surface area (Å²) in [6, 6.07) is 1.71. The highest BCUT2D eigenvalue weighted by molar-refractivity contribution is 4.69. The fourth-order valence-corrected chi connectivity index (χ4v) is 0.186. The molecule has 51 valence electrons. The van der Waals surface area contributed by atoms with Crippen molar-refractivity contribution in [2.75, 3.05) is 21.1 Å². The normalized spacial score (nSPS) is 8.44. The summed E-state index contributed by atoms with van der Waals surface area (Å²) in [4.78, 5) is 2.00. The molecular weight excluding hydrogens is 114 g/mol. The summed E-state index contributed by atoms with van der Waals surface area (Å²) >= 11 is 0. The molecule has 0 aliphatic rings. The monoisotopic (exact) mass is 126 g/mol. The van der Waals surface area contributed by atoms with Gasteiger partial charge in [-0.15, -0.1) is 0 Å². The van der Waals surface area contributed by atoms with Crippen LogP contribution in [0, 0.1) is 6.20 Å². The summed E-state index contributed by atoms with van der Waals surface area (Å²) in [6.45, 7) is 0. The number of nitrogens with one attached hydrogen (secondary N) is 1. The summed E-state index contributed by atoms with van der Waals surface area (Å²) in [5.41, 5.74) is 0. The van der Waals surface area contributed by atoms with Gasteiger partial charge in [-0.3, -0.25) is 5.10 Å². The molecule has 0 spiro atoms. The number of hydrogen-bond acceptors (Lipinski definition) is 2. The molecule has 1 aromatic rings. The lowest BCUT2D eigenvalue weighted by Gasteiger charge is -1.90. The molecule has 1 rings (SSSR count). The molecule has 0 saturated heterocycles. The van der Waals surface area contributed by atoms with E-state index in [1.807, 2.05) is 26.0 Å². The van der Waals surface area contributed by atoms with Gasteiger partial charge in [0.25, 0.3) is 0 Å². The van der Waals surface area contributed by atoms with E-state index in [0.717, 1.165) is 0 Å². The third-order valence-electron chi connectivity index (χ3n) is 0.362. The lowest BCUT2D eigenvalue weighted by molar-refractivity contribution is 0.505. The van der Waals surface area contributed by atoms with Crippen LogP contribution in [0.4, 0.5) is 0 Å². The molecule has 0 aliphatic carbocycles. The van der Waals surface area contributed by atoms with Gasteiger partial charge in [0, 0.05) is 6.20 Å². The number of nitrogens with zero attached hydrogens (tertiary/aromatic N) is 2. The van der Waals surface area contributed by atoms with Gasteiger partial charge in [0.15, 0.2) is 0 Å². The van der Waals surface area contributed by atoms with Crippen molar-refractivity contribution in [1.82, 2.24) is 15.1 Å². The van der Waals surface area contributed by atoms with Crippen molar-refractivity contribution in [3.8, 4) is 0 Å². The Hall–Kier alpha value is -0.830. The number of hydrogen-bond donors (Lipinski definition) is 1. The van der Waals surface area contributed by atoms with Crippen LogP contribution in [-0.4, -0.2) is 36.2 Å². The Kier molecular flexibility index (Phi) is 4.82. The molecule has 1 N–H and O–H groups in total. The average Bonchev–Trinajstić information content (AvgIpc) is 2.11. The molecule has 3 nitrogen and oxygen atoms in total. The first-order valence-corrected chi connectivity index (χ1v) is 2.70. The van der Waals surface area contributed by atoms with Crippen molar-refractivity contribution >= 4 is 0 Å². The summed E-state index contributed by atoms with van der Waals surface area (Å²) < 4.78 is 0. The van der Waals surface area contributed by atoms with Crippen molar-refractivity contribution in [3.63, 3.8) is 0 Å². The predicted octanol–water partition coefficient (Wildman–Crippen LogP) is 0.388. The van der Waals surface area contributed by atoms with Crippen molar-refractivity contribution in [2.45, 2.75) is 0 Å². The number of aromatic nitrogens is 2. The van der Waals surface area contributed by atoms with E-state index in [4.69, 9.17) is 0 Å². The van der Waals surface area contributed by atoms with Crippen LogP contribution >= 0.6 is 0 Å². The quantitative estimate of drug-likeness (QED) is 0.545. The Labute approximate surface area is 55.7 Å². The zero-order valence-electron chi connectivity index (χ0n) is 6.05. The zero-order chi connectivity index (χ0) is 7.11. The van der Waals surface area contributed by atoms with Crippen molar-refractivity contribution in [1.29, 1.82) is 0 Å². The summed E-state index contributed by atoms with van der Waals surface area (Å²) in [6.07, 6.45) is 4.26. The van der Waals surface area contributed by atoms with Crippen LogP contribution in [0.15, 0.2) is 12.3 Å². The van der Waals surface area contributed by atoms with Crippen LogP contribution in [0.2, 0.25) is 0 Å². The Morgan fingerprint density at radius 3 is 2.11 bits per heavy atom. The van der Waals surface area contributed by atoms with Gasteiger partial charge in [-0.1, -0.05) is 0 Å². The van der Waals surface area contributed by atoms with Crippen molar-refractivity contribution in [2.24, 2.45) is 0 Å². The maximum absolute atomic E-state index is 3.54. The minimum absolute atomic E-state index is 1.64. The molecule has 3 heteroatoms. The first-order chi connectivity index (χ1) is 4.23. The summed E-state index contributed by atoms with van der Waals surface area (Å²) in [5, 5.41) is 6.03. The van der Waals surface area contributed by atoms with Crippen LogP contribution in [-0.2, 0) is 0 Å². The third-order valence-corrected chi connectivity index (χ3v) is 0.362. The largest absolute Gasteiger partial charge is 0.312 e. The second-order valence-corrected chi connectivity index (χ2v) is 2.04. The van der Waals surface area contributed by atoms with Crippen molar-refractivity contribution < 1.29 is 0 Å². The molecule has 0 atom stereocenters. The van der Waals surface area contributed by atoms with E-state index in [1.165, 1.54) is 0 Å². The number of aromatic amines is 1. The Morgan fingerprint density at radius 1 is 1.44 bits per heavy atom. The van der Waals surface area contributed by atoms with Gasteiger partial charge in [0.2, 0.25) is 0 Å². The van der Waals surface area contributed by atoms with E-state index in [-0.39, 0.29) is 0 Å². The van der Waals surface area contributed by atoms with E-state index in [0.29, 0.717) is 0 Å². The van der Waals surface area contributed by atoms with Gasteiger partial charge < -0.3 is 4.90 Å². The van der Waals surface area contributed by atoms with Crippen LogP contribution in [0.3, 0.4) is 0 Å². The number of H-pyrrole nitrogens is 1. The molecule has 0 unspecified atom stereocenters. The Balaban J connectivity index is 0.000000148. The Morgan fingerprint density at radius 2 is 2.00 bits per heavy atom. The fraction of sp³-hybridized carbons (Fsp3) is 0.500. The molecule has 0 saturated carbocycles. The molecule has 1 radical (unpaired) electrons. The average molecular weight is 126 g/mol. The molecular formula is C6H12N3. The second kappa shape index (κ2) is 5.31. The van der Waals surface area contributed by atoms with Gasteiger partial charge in [0.1, 0.15) is 0 Å². The number of rotatable bonds is 0. The molecule has 0 amide bonds. The van der Waals surface area contributed by atoms with Gasteiger partial charge >= 0.3 is 0 Å². The van der Waals surface area contributed by atoms with Gasteiger partial charge in [0.05, 0.1) is 6.20 Å². The minimum Gasteiger partial charge on any atom is -0.312 e. The zero-order valence-corrected chi connectivity index (χ0v) is 6.05. The molecule has 1 heterocycles. The fourth-order valence-electron chi connectivity index (χ4n) is 0.186. The van der Waals surface area contributed by atoms with Crippen LogP contribution in [0.25, 0.3) is 0 Å².